The van der Waals surface area contributed by atoms with Gasteiger partial charge in [-0.3, -0.25) is 29.1 Å². The van der Waals surface area contributed by atoms with E-state index in [-0.39, 0.29) is 60.5 Å². The number of rotatable bonds is 15. The highest BCUT2D eigenvalue weighted by atomic mass is 16.6. The Morgan fingerprint density at radius 1 is 0.500 bits per heavy atom. The largest absolute Gasteiger partial charge is 0.459 e. The molecule has 0 aromatic rings. The summed E-state index contributed by atoms with van der Waals surface area (Å²) in [6, 6.07) is 0.605. The number of hydrogen-bond donors (Lipinski definition) is 1. The zero-order chi connectivity index (χ0) is 39.7. The molecule has 304 valence electrons. The quantitative estimate of drug-likeness (QED) is 0.137. The highest BCUT2D eigenvalue weighted by molar-refractivity contribution is 5.75. The van der Waals surface area contributed by atoms with E-state index in [4.69, 9.17) is 14.2 Å². The lowest BCUT2D eigenvalue weighted by molar-refractivity contribution is -0.164. The van der Waals surface area contributed by atoms with Crippen molar-refractivity contribution >= 4 is 17.9 Å². The summed E-state index contributed by atoms with van der Waals surface area (Å²) in [4.78, 5) is 47.0. The van der Waals surface area contributed by atoms with E-state index >= 15 is 0 Å². The maximum absolute atomic E-state index is 13.5. The first kappa shape index (κ1) is 46.4. The number of hydrogen-bond acceptors (Lipinski definition) is 10. The van der Waals surface area contributed by atoms with Gasteiger partial charge in [0.25, 0.3) is 0 Å². The molecule has 0 aliphatic heterocycles. The summed E-state index contributed by atoms with van der Waals surface area (Å²) in [7, 11) is 0. The van der Waals surface area contributed by atoms with Gasteiger partial charge in [0.15, 0.2) is 0 Å². The van der Waals surface area contributed by atoms with Crippen LogP contribution in [0.1, 0.15) is 155 Å². The predicted octanol–water partition coefficient (Wildman–Crippen LogP) is 7.22. The van der Waals surface area contributed by atoms with Gasteiger partial charge in [-0.25, -0.2) is 0 Å². The smallest absolute Gasteiger partial charge is 0.320 e. The molecular weight excluding hydrogens is 656 g/mol. The van der Waals surface area contributed by atoms with Crippen molar-refractivity contribution in [1.29, 1.82) is 0 Å². The van der Waals surface area contributed by atoms with Gasteiger partial charge in [-0.15, -0.1) is 0 Å². The van der Waals surface area contributed by atoms with E-state index in [9.17, 15) is 14.4 Å². The van der Waals surface area contributed by atoms with Crippen molar-refractivity contribution in [2.75, 3.05) is 45.8 Å². The Morgan fingerprint density at radius 2 is 0.846 bits per heavy atom. The fraction of sp³-hybridized carbons (Fsp3) is 0.929. The molecule has 0 spiro atoms. The fourth-order valence-corrected chi connectivity index (χ4v) is 7.90. The maximum Gasteiger partial charge on any atom is 0.320 e. The molecule has 2 aliphatic carbocycles. The summed E-state index contributed by atoms with van der Waals surface area (Å²) in [5.41, 5.74) is -1.52. The van der Waals surface area contributed by atoms with Crippen LogP contribution in [-0.2, 0) is 28.6 Å². The molecule has 2 fully saturated rings. The van der Waals surface area contributed by atoms with Crippen LogP contribution in [-0.4, -0.2) is 119 Å². The Balaban J connectivity index is 2.40. The molecular formula is C42H80N4O6. The highest BCUT2D eigenvalue weighted by Crippen LogP contribution is 2.31. The van der Waals surface area contributed by atoms with Crippen LogP contribution in [0, 0.1) is 10.8 Å². The zero-order valence-corrected chi connectivity index (χ0v) is 36.2. The summed E-state index contributed by atoms with van der Waals surface area (Å²) >= 11 is 0. The molecule has 2 saturated carbocycles. The van der Waals surface area contributed by atoms with Crippen molar-refractivity contribution in [1.82, 2.24) is 20.0 Å². The minimum Gasteiger partial charge on any atom is -0.459 e. The van der Waals surface area contributed by atoms with Crippen LogP contribution in [0.25, 0.3) is 0 Å². The minimum absolute atomic E-state index is 0.0304. The maximum atomic E-state index is 13.5. The molecule has 10 nitrogen and oxygen atoms in total. The van der Waals surface area contributed by atoms with Crippen molar-refractivity contribution in [3.05, 3.63) is 0 Å². The standard InChI is InChI=1S/C42H80N4O6/c1-38(2,3)29-46(30-39(4,5)6)32-21-17-16-20-31(32)43-24-25-44(26-35(47)50-40(7,8)9)33-22-18-19-23-34(33)45(27-36(48)51-41(10,11)12)28-37(49)52-42(13,14)15/h31-34,43H,16-30H2,1-15H3/t31-,32-,33?,34+/m0/s1. The number of carbonyl (C=O) groups excluding carboxylic acids is 3. The van der Waals surface area contributed by atoms with Crippen LogP contribution in [0.15, 0.2) is 0 Å². The number of esters is 3. The Kier molecular flexibility index (Phi) is 17.1. The highest BCUT2D eigenvalue weighted by Gasteiger charge is 2.39. The van der Waals surface area contributed by atoms with Crippen LogP contribution < -0.4 is 5.32 Å². The normalized spacial score (nSPS) is 22.5. The van der Waals surface area contributed by atoms with Gasteiger partial charge < -0.3 is 19.5 Å². The molecule has 1 unspecified atom stereocenters. The third-order valence-corrected chi connectivity index (χ3v) is 9.25. The molecule has 4 atom stereocenters. The Morgan fingerprint density at radius 3 is 1.23 bits per heavy atom. The second kappa shape index (κ2) is 19.2. The molecule has 2 rings (SSSR count). The van der Waals surface area contributed by atoms with E-state index in [0.29, 0.717) is 18.6 Å². The average Bonchev–Trinajstić information content (AvgIpc) is 2.92. The molecule has 10 heteroatoms. The van der Waals surface area contributed by atoms with Crippen LogP contribution >= 0.6 is 0 Å². The molecule has 0 aromatic heterocycles. The molecule has 1 N–H and O–H groups in total. The first-order chi connectivity index (χ1) is 23.6. The lowest BCUT2D eigenvalue weighted by Crippen LogP contribution is -2.59. The molecule has 52 heavy (non-hydrogen) atoms. The first-order valence-corrected chi connectivity index (χ1v) is 20.2. The molecule has 0 bridgehead atoms. The minimum atomic E-state index is -0.651. The van der Waals surface area contributed by atoms with Gasteiger partial charge in [-0.05, 0) is 98.8 Å². The van der Waals surface area contributed by atoms with E-state index in [0.717, 1.165) is 51.7 Å². The van der Waals surface area contributed by atoms with Gasteiger partial charge in [-0.2, -0.15) is 0 Å². The van der Waals surface area contributed by atoms with Gasteiger partial charge >= 0.3 is 17.9 Å². The second-order valence-corrected chi connectivity index (χ2v) is 21.0. The van der Waals surface area contributed by atoms with Gasteiger partial charge in [-0.1, -0.05) is 67.2 Å². The predicted molar refractivity (Wildman–Crippen MR) is 211 cm³/mol. The van der Waals surface area contributed by atoms with Gasteiger partial charge in [0.05, 0.1) is 19.6 Å². The monoisotopic (exact) mass is 737 g/mol. The van der Waals surface area contributed by atoms with Crippen molar-refractivity contribution in [3.8, 4) is 0 Å². The summed E-state index contributed by atoms with van der Waals surface area (Å²) < 4.78 is 17.3. The lowest BCUT2D eigenvalue weighted by atomic mass is 9.84. The van der Waals surface area contributed by atoms with Crippen LogP contribution in [0.3, 0.4) is 0 Å². The second-order valence-electron chi connectivity index (χ2n) is 21.0. The van der Waals surface area contributed by atoms with E-state index in [2.05, 4.69) is 56.7 Å². The van der Waals surface area contributed by atoms with Crippen LogP contribution in [0.5, 0.6) is 0 Å². The van der Waals surface area contributed by atoms with Gasteiger partial charge in [0.1, 0.15) is 16.8 Å². The summed E-state index contributed by atoms with van der Waals surface area (Å²) in [5, 5.41) is 3.98. The van der Waals surface area contributed by atoms with Crippen molar-refractivity contribution in [3.63, 3.8) is 0 Å². The van der Waals surface area contributed by atoms with Crippen LogP contribution in [0.4, 0.5) is 0 Å². The number of carbonyl (C=O) groups is 3. The van der Waals surface area contributed by atoms with Crippen molar-refractivity contribution in [2.45, 2.75) is 196 Å². The fourth-order valence-electron chi connectivity index (χ4n) is 7.90. The Hall–Kier alpha value is -1.75. The molecule has 0 radical (unpaired) electrons. The number of nitrogens with one attached hydrogen (secondary N) is 1. The SMILES string of the molecule is CC(C)(C)CN(CC(C)(C)C)[C@H]1CCCC[C@@H]1NCCN(CC(=O)OC(C)(C)C)C1CCCC[C@H]1N(CC(=O)OC(C)(C)C)CC(=O)OC(C)(C)C. The van der Waals surface area contributed by atoms with E-state index in [1.807, 2.05) is 67.2 Å². The molecule has 2 aliphatic rings. The molecule has 0 aromatic carbocycles. The van der Waals surface area contributed by atoms with Crippen LogP contribution in [0.2, 0.25) is 0 Å². The third kappa shape index (κ3) is 19.0. The first-order valence-electron chi connectivity index (χ1n) is 20.2. The Bertz CT molecular complexity index is 1080. The molecule has 0 saturated heterocycles. The molecule has 0 heterocycles. The van der Waals surface area contributed by atoms with Crippen molar-refractivity contribution in [2.24, 2.45) is 10.8 Å². The lowest BCUT2D eigenvalue weighted by Gasteiger charge is -2.46. The Labute approximate surface area is 318 Å². The van der Waals surface area contributed by atoms with Gasteiger partial charge in [0, 0.05) is 50.3 Å². The van der Waals surface area contributed by atoms with Crippen molar-refractivity contribution < 1.29 is 28.6 Å². The number of ether oxygens (including phenoxy) is 3. The third-order valence-electron chi connectivity index (χ3n) is 9.25. The summed E-state index contributed by atoms with van der Waals surface area (Å²) in [6.45, 7) is 34.3. The summed E-state index contributed by atoms with van der Waals surface area (Å²) in [5.74, 6) is -1.02. The zero-order valence-electron chi connectivity index (χ0n) is 36.2. The molecule has 0 amide bonds. The van der Waals surface area contributed by atoms with Gasteiger partial charge in [0.2, 0.25) is 0 Å². The topological polar surface area (TPSA) is 101 Å². The van der Waals surface area contributed by atoms with E-state index in [1.165, 1.54) is 19.3 Å². The van der Waals surface area contributed by atoms with E-state index < -0.39 is 16.8 Å². The summed E-state index contributed by atoms with van der Waals surface area (Å²) in [6.07, 6.45) is 8.40. The number of nitrogens with zero attached hydrogens (tertiary/aromatic N) is 3. The van der Waals surface area contributed by atoms with E-state index in [1.54, 1.807) is 0 Å². The average molecular weight is 737 g/mol.